The van der Waals surface area contributed by atoms with Gasteiger partial charge >= 0.3 is 17.9 Å². The highest BCUT2D eigenvalue weighted by atomic mass is 16.7. The molecule has 0 saturated carbocycles. The Morgan fingerprint density at radius 2 is 1.77 bits per heavy atom. The second-order valence-corrected chi connectivity index (χ2v) is 9.22. The van der Waals surface area contributed by atoms with Crippen LogP contribution in [0, 0.1) is 0 Å². The maximum absolute atomic E-state index is 12.0. The Kier molecular flexibility index (Phi) is 7.89. The quantitative estimate of drug-likeness (QED) is 0.161. The summed E-state index contributed by atoms with van der Waals surface area (Å²) in [5.74, 6) is -4.55. The van der Waals surface area contributed by atoms with Crippen LogP contribution in [0.2, 0.25) is 0 Å². The van der Waals surface area contributed by atoms with Gasteiger partial charge in [-0.2, -0.15) is 4.58 Å². The van der Waals surface area contributed by atoms with Gasteiger partial charge in [0.15, 0.2) is 17.7 Å². The lowest BCUT2D eigenvalue weighted by Gasteiger charge is -2.39. The van der Waals surface area contributed by atoms with E-state index in [9.17, 15) is 55.2 Å². The van der Waals surface area contributed by atoms with Crippen molar-refractivity contribution in [2.24, 2.45) is 0 Å². The number of carbonyl (C=O) groups is 3. The zero-order valence-corrected chi connectivity index (χ0v) is 20.1. The molecule has 3 heterocycles. The van der Waals surface area contributed by atoms with E-state index in [0.717, 1.165) is 0 Å². The van der Waals surface area contributed by atoms with Crippen LogP contribution >= 0.6 is 0 Å². The molecule has 15 nitrogen and oxygen atoms in total. The lowest BCUT2D eigenvalue weighted by atomic mass is 9.99. The van der Waals surface area contributed by atoms with Crippen molar-refractivity contribution in [3.8, 4) is 11.5 Å². The Balaban J connectivity index is 1.66. The van der Waals surface area contributed by atoms with E-state index in [1.165, 1.54) is 35.1 Å². The van der Waals surface area contributed by atoms with Crippen LogP contribution in [-0.4, -0.2) is 119 Å². The molecular formula is C24H27N2O13+. The summed E-state index contributed by atoms with van der Waals surface area (Å²) in [5.41, 5.74) is 0.648. The van der Waals surface area contributed by atoms with Gasteiger partial charge in [0.05, 0.1) is 19.1 Å². The van der Waals surface area contributed by atoms with Crippen LogP contribution in [0.1, 0.15) is 12.0 Å². The van der Waals surface area contributed by atoms with E-state index >= 15 is 0 Å². The summed E-state index contributed by atoms with van der Waals surface area (Å²) in [6.45, 7) is -0.687. The van der Waals surface area contributed by atoms with Crippen LogP contribution in [-0.2, 0) is 25.5 Å². The molecule has 39 heavy (non-hydrogen) atoms. The molecule has 3 aliphatic heterocycles. The Labute approximate surface area is 219 Å². The van der Waals surface area contributed by atoms with E-state index < -0.39 is 73.1 Å². The Morgan fingerprint density at radius 3 is 2.38 bits per heavy atom. The topological polar surface area (TPSA) is 247 Å². The van der Waals surface area contributed by atoms with Crippen molar-refractivity contribution >= 4 is 29.8 Å². The van der Waals surface area contributed by atoms with E-state index in [4.69, 9.17) is 9.47 Å². The number of ether oxygens (including phenoxy) is 2. The number of fused-ring (bicyclic) bond motifs is 1. The molecule has 0 amide bonds. The molecule has 0 bridgehead atoms. The Morgan fingerprint density at radius 1 is 1.05 bits per heavy atom. The molecule has 0 aliphatic carbocycles. The number of benzene rings is 1. The highest BCUT2D eigenvalue weighted by Gasteiger charge is 2.46. The molecule has 1 aromatic rings. The van der Waals surface area contributed by atoms with Crippen molar-refractivity contribution in [1.82, 2.24) is 5.32 Å². The lowest BCUT2D eigenvalue weighted by Crippen LogP contribution is -2.60. The number of aliphatic hydroxyl groups excluding tert-OH is 4. The van der Waals surface area contributed by atoms with Gasteiger partial charge in [-0.05, 0) is 17.7 Å². The molecule has 4 rings (SSSR count). The number of aliphatic carboxylic acids is 3. The number of phenols is 1. The van der Waals surface area contributed by atoms with E-state index in [1.54, 1.807) is 0 Å². The van der Waals surface area contributed by atoms with Crippen LogP contribution in [0.3, 0.4) is 0 Å². The van der Waals surface area contributed by atoms with Crippen molar-refractivity contribution in [2.45, 2.75) is 55.6 Å². The summed E-state index contributed by atoms with van der Waals surface area (Å²) in [7, 11) is 0. The third-order valence-electron chi connectivity index (χ3n) is 6.64. The minimum atomic E-state index is -1.73. The third kappa shape index (κ3) is 5.57. The molecule has 0 aromatic heterocycles. The van der Waals surface area contributed by atoms with Crippen molar-refractivity contribution in [3.05, 3.63) is 41.1 Å². The molecule has 1 fully saturated rings. The number of carboxylic acids is 3. The number of allylic oxidation sites excluding steroid dienone is 2. The number of carboxylic acid groups (broad SMARTS) is 3. The molecule has 0 radical (unpaired) electrons. The summed E-state index contributed by atoms with van der Waals surface area (Å²) in [5, 5.41) is 80.9. The summed E-state index contributed by atoms with van der Waals surface area (Å²) in [4.78, 5) is 34.8. The highest BCUT2D eigenvalue weighted by Crippen LogP contribution is 2.40. The second-order valence-electron chi connectivity index (χ2n) is 9.22. The first kappa shape index (κ1) is 28.0. The number of rotatable bonds is 7. The molecule has 1 aromatic carbocycles. The van der Waals surface area contributed by atoms with Crippen LogP contribution in [0.5, 0.6) is 11.5 Å². The summed E-state index contributed by atoms with van der Waals surface area (Å²) in [6, 6.07) is 0.177. The molecule has 3 aliphatic rings. The molecule has 7 atom stereocenters. The van der Waals surface area contributed by atoms with Gasteiger partial charge in [0.1, 0.15) is 36.2 Å². The standard InChI is InChI=1S/C24H26N2O13/c27-8-17-18(29)19(30)20(31)24(39-17)38-16-6-10-5-14(23(36)37)26(13(10)7-15(16)28)2-1-9-3-11(21(32)33)25-12(4-9)22(34)35/h1-3,6-7,12,14,17-20,24,27,29-31H,4-5,8H2,(H4,28,32,33,34,35,36,37)/p+1/t12-,14-,17?,18-,19?,20?,24+/m1/s1. The number of aromatic hydroxyl groups is 1. The number of nitrogens with one attached hydrogen (secondary N) is 1. The smallest absolute Gasteiger partial charge is 0.373 e. The average Bonchev–Trinajstić information content (AvgIpc) is 3.24. The van der Waals surface area contributed by atoms with Gasteiger partial charge in [0, 0.05) is 18.1 Å². The van der Waals surface area contributed by atoms with E-state index in [0.29, 0.717) is 11.1 Å². The fraction of sp³-hybridized carbons (Fsp3) is 0.417. The molecule has 0 spiro atoms. The van der Waals surface area contributed by atoms with Gasteiger partial charge in [-0.25, -0.2) is 14.4 Å². The molecular weight excluding hydrogens is 524 g/mol. The van der Waals surface area contributed by atoms with E-state index in [1.807, 2.05) is 0 Å². The fourth-order valence-electron chi connectivity index (χ4n) is 4.58. The molecule has 1 saturated heterocycles. The van der Waals surface area contributed by atoms with Gasteiger partial charge in [0.25, 0.3) is 6.04 Å². The van der Waals surface area contributed by atoms with Crippen LogP contribution in [0.15, 0.2) is 35.6 Å². The van der Waals surface area contributed by atoms with Gasteiger partial charge in [-0.1, -0.05) is 0 Å². The molecule has 15 heteroatoms. The maximum Gasteiger partial charge on any atom is 0.373 e. The molecule has 3 unspecified atom stereocenters. The predicted molar refractivity (Wildman–Crippen MR) is 127 cm³/mol. The van der Waals surface area contributed by atoms with Crippen molar-refractivity contribution in [3.63, 3.8) is 0 Å². The average molecular weight is 551 g/mol. The number of nitrogens with zero attached hydrogens (tertiary/aromatic N) is 1. The number of aliphatic hydroxyl groups is 4. The summed E-state index contributed by atoms with van der Waals surface area (Å²) >= 11 is 0. The largest absolute Gasteiger partial charge is 0.504 e. The summed E-state index contributed by atoms with van der Waals surface area (Å²) < 4.78 is 12.1. The second kappa shape index (κ2) is 11.0. The van der Waals surface area contributed by atoms with Gasteiger partial charge < -0.3 is 55.6 Å². The van der Waals surface area contributed by atoms with Gasteiger partial charge in [-0.15, -0.1) is 0 Å². The third-order valence-corrected chi connectivity index (χ3v) is 6.64. The van der Waals surface area contributed by atoms with Crippen molar-refractivity contribution in [2.75, 3.05) is 6.61 Å². The maximum atomic E-state index is 12.0. The number of hydrogen-bond donors (Lipinski definition) is 9. The monoisotopic (exact) mass is 551 g/mol. The van der Waals surface area contributed by atoms with E-state index in [-0.39, 0.29) is 30.0 Å². The fourth-order valence-corrected chi connectivity index (χ4v) is 4.58. The SMILES string of the molecule is O=C(O)C1=C/C(=C/C=[N+]2c3cc(O)c(O[C@H]4OC(CO)[C@@H](O)C(O)C4O)cc3C[C@@H]2C(=O)O)C[C@H](C(=O)O)N1. The van der Waals surface area contributed by atoms with E-state index in [2.05, 4.69) is 5.32 Å². The Bertz CT molecular complexity index is 1270. The Hall–Kier alpha value is -4.02. The van der Waals surface area contributed by atoms with Crippen LogP contribution in [0.4, 0.5) is 5.69 Å². The number of hydrogen-bond acceptors (Lipinski definition) is 11. The highest BCUT2D eigenvalue weighted by molar-refractivity contribution is 5.89. The minimum absolute atomic E-state index is 0.0504. The predicted octanol–water partition coefficient (Wildman–Crippen LogP) is -2.36. The molecule has 210 valence electrons. The lowest BCUT2D eigenvalue weighted by molar-refractivity contribution is -0.456. The normalized spacial score (nSPS) is 32.3. The van der Waals surface area contributed by atoms with Crippen LogP contribution in [0.25, 0.3) is 0 Å². The number of phenolic OH excluding ortho intramolecular Hbond substituents is 1. The van der Waals surface area contributed by atoms with Crippen molar-refractivity contribution in [1.29, 1.82) is 0 Å². The first-order chi connectivity index (χ1) is 18.4. The first-order valence-electron chi connectivity index (χ1n) is 11.7. The first-order valence-corrected chi connectivity index (χ1v) is 11.7. The van der Waals surface area contributed by atoms with Crippen molar-refractivity contribution < 1.29 is 69.3 Å². The van der Waals surface area contributed by atoms with Gasteiger partial charge in [-0.3, -0.25) is 0 Å². The van der Waals surface area contributed by atoms with Crippen LogP contribution < -0.4 is 10.1 Å². The minimum Gasteiger partial charge on any atom is -0.504 e. The zero-order valence-electron chi connectivity index (χ0n) is 20.1. The molecule has 9 N–H and O–H groups in total. The van der Waals surface area contributed by atoms with Gasteiger partial charge in [0.2, 0.25) is 12.0 Å². The zero-order chi connectivity index (χ0) is 28.6. The summed E-state index contributed by atoms with van der Waals surface area (Å²) in [6.07, 6.45) is -4.03.